The summed E-state index contributed by atoms with van der Waals surface area (Å²) in [5.74, 6) is 0.0870. The van der Waals surface area contributed by atoms with E-state index < -0.39 is 10.0 Å². The lowest BCUT2D eigenvalue weighted by molar-refractivity contribution is 0.0975. The van der Waals surface area contributed by atoms with Crippen LogP contribution in [-0.4, -0.2) is 46.3 Å². The number of aliphatic hydroxyl groups excluding tert-OH is 1. The van der Waals surface area contributed by atoms with Gasteiger partial charge in [-0.1, -0.05) is 6.42 Å². The fraction of sp³-hybridized carbons (Fsp3) is 0.769. The molecule has 0 radical (unpaired) electrons. The van der Waals surface area contributed by atoms with E-state index in [9.17, 15) is 13.5 Å². The van der Waals surface area contributed by atoms with E-state index in [0.29, 0.717) is 6.54 Å². The summed E-state index contributed by atoms with van der Waals surface area (Å²) in [4.78, 5) is 0.249. The molecule has 1 N–H and O–H groups in total. The molecular weight excluding hydrogens is 278 g/mol. The molecule has 20 heavy (non-hydrogen) atoms. The van der Waals surface area contributed by atoms with Crippen molar-refractivity contribution in [2.24, 2.45) is 13.0 Å². The maximum Gasteiger partial charge on any atom is 0.246 e. The zero-order valence-corrected chi connectivity index (χ0v) is 12.5. The van der Waals surface area contributed by atoms with E-state index in [1.54, 1.807) is 11.4 Å². The fourth-order valence-corrected chi connectivity index (χ4v) is 5.30. The smallest absolute Gasteiger partial charge is 0.246 e. The monoisotopic (exact) mass is 299 g/mol. The third-order valence-corrected chi connectivity index (χ3v) is 6.44. The van der Waals surface area contributed by atoms with Crippen LogP contribution in [-0.2, 0) is 17.1 Å². The lowest BCUT2D eigenvalue weighted by atomic mass is 9.95. The summed E-state index contributed by atoms with van der Waals surface area (Å²) < 4.78 is 28.5. The number of sulfonamides is 1. The van der Waals surface area contributed by atoms with Gasteiger partial charge in [-0.3, -0.25) is 4.68 Å². The van der Waals surface area contributed by atoms with E-state index in [-0.39, 0.29) is 23.0 Å². The Morgan fingerprint density at radius 1 is 1.30 bits per heavy atom. The van der Waals surface area contributed by atoms with Crippen molar-refractivity contribution >= 4 is 10.0 Å². The number of rotatable bonds is 3. The summed E-state index contributed by atoms with van der Waals surface area (Å²) in [5.41, 5.74) is 0. The zero-order valence-electron chi connectivity index (χ0n) is 11.6. The molecule has 6 nitrogen and oxygen atoms in total. The number of hydrogen-bond acceptors (Lipinski definition) is 4. The molecule has 3 rings (SSSR count). The molecule has 1 aliphatic carbocycles. The molecule has 1 aromatic heterocycles. The van der Waals surface area contributed by atoms with Crippen LogP contribution >= 0.6 is 0 Å². The molecule has 0 bridgehead atoms. The minimum Gasteiger partial charge on any atom is -0.393 e. The minimum atomic E-state index is -3.49. The SMILES string of the molecule is Cn1cc(S(=O)(=O)N2CCCC2C2CCCC2O)cn1. The van der Waals surface area contributed by atoms with Crippen LogP contribution in [0.3, 0.4) is 0 Å². The van der Waals surface area contributed by atoms with Gasteiger partial charge in [0.15, 0.2) is 0 Å². The largest absolute Gasteiger partial charge is 0.393 e. The van der Waals surface area contributed by atoms with Gasteiger partial charge in [0.05, 0.1) is 12.3 Å². The van der Waals surface area contributed by atoms with Crippen molar-refractivity contribution in [3.63, 3.8) is 0 Å². The number of aromatic nitrogens is 2. The van der Waals surface area contributed by atoms with E-state index in [0.717, 1.165) is 32.1 Å². The van der Waals surface area contributed by atoms with E-state index in [1.807, 2.05) is 0 Å². The van der Waals surface area contributed by atoms with Gasteiger partial charge >= 0.3 is 0 Å². The molecule has 7 heteroatoms. The Hall–Kier alpha value is -0.920. The summed E-state index contributed by atoms with van der Waals surface area (Å²) in [6.45, 7) is 0.547. The van der Waals surface area contributed by atoms with Gasteiger partial charge < -0.3 is 5.11 Å². The Bertz CT molecular complexity index is 583. The molecule has 3 unspecified atom stereocenters. The van der Waals surface area contributed by atoms with Crippen LogP contribution < -0.4 is 0 Å². The molecule has 1 aliphatic heterocycles. The lowest BCUT2D eigenvalue weighted by Gasteiger charge is -2.30. The molecular formula is C13H21N3O3S. The summed E-state index contributed by atoms with van der Waals surface area (Å²) in [7, 11) is -1.78. The van der Waals surface area contributed by atoms with Gasteiger partial charge in [0.25, 0.3) is 0 Å². The van der Waals surface area contributed by atoms with Gasteiger partial charge in [0.1, 0.15) is 4.90 Å². The van der Waals surface area contributed by atoms with Crippen LogP contribution in [0.25, 0.3) is 0 Å². The third kappa shape index (κ3) is 2.27. The molecule has 0 amide bonds. The van der Waals surface area contributed by atoms with E-state index >= 15 is 0 Å². The van der Waals surface area contributed by atoms with Crippen LogP contribution in [0.4, 0.5) is 0 Å². The quantitative estimate of drug-likeness (QED) is 0.893. The first-order chi connectivity index (χ1) is 9.50. The summed E-state index contributed by atoms with van der Waals surface area (Å²) in [5, 5.41) is 14.0. The van der Waals surface area contributed by atoms with E-state index in [4.69, 9.17) is 0 Å². The standard InChI is InChI=1S/C13H21N3O3S/c1-15-9-10(8-14-15)20(18,19)16-7-3-5-12(16)11-4-2-6-13(11)17/h8-9,11-13,17H,2-7H2,1H3. The predicted molar refractivity (Wildman–Crippen MR) is 73.5 cm³/mol. The molecule has 1 saturated carbocycles. The van der Waals surface area contributed by atoms with Crippen LogP contribution in [0.15, 0.2) is 17.3 Å². The molecule has 2 fully saturated rings. The maximum absolute atomic E-state index is 12.7. The van der Waals surface area contributed by atoms with Gasteiger partial charge in [0, 0.05) is 31.7 Å². The van der Waals surface area contributed by atoms with Gasteiger partial charge in [-0.05, 0) is 25.7 Å². The molecule has 1 saturated heterocycles. The second-order valence-corrected chi connectivity index (χ2v) is 7.73. The van der Waals surface area contributed by atoms with Gasteiger partial charge in [-0.2, -0.15) is 9.40 Å². The number of aliphatic hydroxyl groups is 1. The molecule has 1 aromatic rings. The normalized spacial score (nSPS) is 32.0. The number of hydrogen-bond donors (Lipinski definition) is 1. The highest BCUT2D eigenvalue weighted by molar-refractivity contribution is 7.89. The van der Waals surface area contributed by atoms with Crippen LogP contribution in [0.1, 0.15) is 32.1 Å². The molecule has 0 aromatic carbocycles. The van der Waals surface area contributed by atoms with Crippen LogP contribution in [0, 0.1) is 5.92 Å². The summed E-state index contributed by atoms with van der Waals surface area (Å²) in [6, 6.07) is -0.0577. The fourth-order valence-electron chi connectivity index (χ4n) is 3.58. The first kappa shape index (κ1) is 14.0. The first-order valence-electron chi connectivity index (χ1n) is 7.19. The Morgan fingerprint density at radius 2 is 2.10 bits per heavy atom. The van der Waals surface area contributed by atoms with E-state index in [1.165, 1.54) is 17.1 Å². The van der Waals surface area contributed by atoms with Crippen molar-refractivity contribution in [3.05, 3.63) is 12.4 Å². The highest BCUT2D eigenvalue weighted by Gasteiger charge is 2.43. The van der Waals surface area contributed by atoms with Gasteiger partial charge in [-0.25, -0.2) is 8.42 Å². The van der Waals surface area contributed by atoms with Crippen molar-refractivity contribution in [2.75, 3.05) is 6.54 Å². The average molecular weight is 299 g/mol. The lowest BCUT2D eigenvalue weighted by Crippen LogP contribution is -2.42. The number of nitrogens with zero attached hydrogens (tertiary/aromatic N) is 3. The molecule has 2 heterocycles. The third-order valence-electron chi connectivity index (χ3n) is 4.56. The Labute approximate surface area is 119 Å². The Balaban J connectivity index is 1.88. The molecule has 112 valence electrons. The van der Waals surface area contributed by atoms with Crippen molar-refractivity contribution in [3.8, 4) is 0 Å². The van der Waals surface area contributed by atoms with Crippen molar-refractivity contribution < 1.29 is 13.5 Å². The van der Waals surface area contributed by atoms with Crippen LogP contribution in [0.5, 0.6) is 0 Å². The van der Waals surface area contributed by atoms with Gasteiger partial charge in [-0.15, -0.1) is 0 Å². The number of aryl methyl sites for hydroxylation is 1. The highest BCUT2D eigenvalue weighted by atomic mass is 32.2. The average Bonchev–Trinajstić information content (AvgIpc) is 3.07. The molecule has 0 spiro atoms. The van der Waals surface area contributed by atoms with Gasteiger partial charge in [0.2, 0.25) is 10.0 Å². The molecule has 2 aliphatic rings. The van der Waals surface area contributed by atoms with Crippen molar-refractivity contribution in [2.45, 2.75) is 49.1 Å². The van der Waals surface area contributed by atoms with Crippen molar-refractivity contribution in [1.29, 1.82) is 0 Å². The Kier molecular flexibility index (Phi) is 3.60. The van der Waals surface area contributed by atoms with E-state index in [2.05, 4.69) is 5.10 Å². The predicted octanol–water partition coefficient (Wildman–Crippen LogP) is 0.734. The summed E-state index contributed by atoms with van der Waals surface area (Å²) in [6.07, 6.45) is 7.00. The Morgan fingerprint density at radius 3 is 2.70 bits per heavy atom. The second-order valence-electron chi connectivity index (χ2n) is 5.84. The first-order valence-corrected chi connectivity index (χ1v) is 8.63. The van der Waals surface area contributed by atoms with Crippen LogP contribution in [0.2, 0.25) is 0 Å². The molecule has 3 atom stereocenters. The maximum atomic E-state index is 12.7. The zero-order chi connectivity index (χ0) is 14.3. The minimum absolute atomic E-state index is 0.0577. The highest BCUT2D eigenvalue weighted by Crippen LogP contribution is 2.38. The topological polar surface area (TPSA) is 75.4 Å². The second kappa shape index (κ2) is 5.13. The van der Waals surface area contributed by atoms with Crippen molar-refractivity contribution in [1.82, 2.24) is 14.1 Å². The summed E-state index contributed by atoms with van der Waals surface area (Å²) >= 11 is 0.